The van der Waals surface area contributed by atoms with Gasteiger partial charge in [0.2, 0.25) is 0 Å². The predicted octanol–water partition coefficient (Wildman–Crippen LogP) is 2.28. The van der Waals surface area contributed by atoms with Crippen molar-refractivity contribution in [1.29, 1.82) is 0 Å². The van der Waals surface area contributed by atoms with Gasteiger partial charge in [0.1, 0.15) is 0 Å². The van der Waals surface area contributed by atoms with E-state index in [0.717, 1.165) is 19.3 Å². The summed E-state index contributed by atoms with van der Waals surface area (Å²) >= 11 is 0. The van der Waals surface area contributed by atoms with E-state index in [1.165, 1.54) is 6.92 Å². The zero-order chi connectivity index (χ0) is 13.5. The normalized spacial score (nSPS) is 16.9. The molecule has 0 atom stereocenters. The van der Waals surface area contributed by atoms with Crippen LogP contribution in [0.3, 0.4) is 0 Å². The Bertz CT molecular complexity index is 629. The number of hydrogen-bond acceptors (Lipinski definition) is 5. The number of rotatable bonds is 3. The zero-order valence-corrected chi connectivity index (χ0v) is 10.7. The number of aromatic nitrogens is 2. The number of nitrogens with two attached hydrogens (primary N) is 1. The molecule has 2 aromatic rings. The lowest BCUT2D eigenvalue weighted by Crippen LogP contribution is -2.44. The van der Waals surface area contributed by atoms with Crippen LogP contribution in [0.4, 0.5) is 0 Å². The monoisotopic (exact) mass is 257 g/mol. The summed E-state index contributed by atoms with van der Waals surface area (Å²) in [4.78, 5) is 16.0. The van der Waals surface area contributed by atoms with Crippen molar-refractivity contribution in [3.05, 3.63) is 35.7 Å². The van der Waals surface area contributed by atoms with E-state index in [4.69, 9.17) is 10.3 Å². The fourth-order valence-electron chi connectivity index (χ4n) is 2.29. The second kappa shape index (κ2) is 4.28. The Balaban J connectivity index is 2.01. The van der Waals surface area contributed by atoms with Crippen LogP contribution in [0, 0.1) is 0 Å². The lowest BCUT2D eigenvalue weighted by Gasteiger charge is -2.34. The molecule has 1 aliphatic rings. The van der Waals surface area contributed by atoms with Crippen molar-refractivity contribution in [2.45, 2.75) is 31.7 Å². The van der Waals surface area contributed by atoms with Crippen LogP contribution in [0.15, 0.2) is 28.8 Å². The highest BCUT2D eigenvalue weighted by Crippen LogP contribution is 2.37. The molecule has 0 radical (unpaired) electrons. The molecule has 2 N–H and O–H groups in total. The Kier molecular flexibility index (Phi) is 2.71. The van der Waals surface area contributed by atoms with E-state index in [2.05, 4.69) is 10.1 Å². The number of nitrogens with zero attached hydrogens (tertiary/aromatic N) is 2. The summed E-state index contributed by atoms with van der Waals surface area (Å²) in [5, 5.41) is 3.96. The smallest absolute Gasteiger partial charge is 0.258 e. The molecule has 1 fully saturated rings. The van der Waals surface area contributed by atoms with Crippen molar-refractivity contribution in [2.24, 2.45) is 5.73 Å². The highest BCUT2D eigenvalue weighted by molar-refractivity contribution is 5.99. The molecule has 1 saturated carbocycles. The first kappa shape index (κ1) is 12.0. The number of ketones is 1. The van der Waals surface area contributed by atoms with Crippen LogP contribution < -0.4 is 5.73 Å². The van der Waals surface area contributed by atoms with Gasteiger partial charge in [0.05, 0.1) is 11.1 Å². The minimum absolute atomic E-state index is 0.0264. The van der Waals surface area contributed by atoms with Crippen LogP contribution in [0.5, 0.6) is 0 Å². The molecule has 0 spiro atoms. The van der Waals surface area contributed by atoms with Crippen LogP contribution in [-0.2, 0) is 5.54 Å². The molecule has 19 heavy (non-hydrogen) atoms. The molecule has 5 heteroatoms. The second-order valence-electron chi connectivity index (χ2n) is 5.03. The molecule has 0 aliphatic heterocycles. The van der Waals surface area contributed by atoms with Crippen molar-refractivity contribution in [2.75, 3.05) is 0 Å². The number of carbonyl (C=O) groups is 1. The first-order valence-corrected chi connectivity index (χ1v) is 6.33. The van der Waals surface area contributed by atoms with E-state index in [1.54, 1.807) is 12.1 Å². The molecule has 1 aromatic carbocycles. The minimum Gasteiger partial charge on any atom is -0.334 e. The molecule has 1 heterocycles. The molecule has 5 nitrogen and oxygen atoms in total. The van der Waals surface area contributed by atoms with Crippen LogP contribution in [0.2, 0.25) is 0 Å². The zero-order valence-electron chi connectivity index (χ0n) is 10.7. The fourth-order valence-corrected chi connectivity index (χ4v) is 2.29. The lowest BCUT2D eigenvalue weighted by molar-refractivity contribution is 0.101. The van der Waals surface area contributed by atoms with Crippen molar-refractivity contribution in [3.8, 4) is 11.5 Å². The summed E-state index contributed by atoms with van der Waals surface area (Å²) in [7, 11) is 0. The number of Topliss-reactive ketones (excluding diaryl/α,β-unsaturated/α-hetero) is 1. The molecule has 0 bridgehead atoms. The van der Waals surface area contributed by atoms with Gasteiger partial charge in [-0.25, -0.2) is 0 Å². The SMILES string of the molecule is CC(=O)c1ccccc1-c1nc(C2(N)CCC2)no1. The molecule has 98 valence electrons. The summed E-state index contributed by atoms with van der Waals surface area (Å²) in [6, 6.07) is 7.21. The predicted molar refractivity (Wildman–Crippen MR) is 69.5 cm³/mol. The molecular formula is C14H15N3O2. The quantitative estimate of drug-likeness (QED) is 0.853. The first-order valence-electron chi connectivity index (χ1n) is 6.33. The van der Waals surface area contributed by atoms with E-state index >= 15 is 0 Å². The van der Waals surface area contributed by atoms with Gasteiger partial charge in [0.15, 0.2) is 11.6 Å². The highest BCUT2D eigenvalue weighted by Gasteiger charge is 2.39. The summed E-state index contributed by atoms with van der Waals surface area (Å²) in [5.41, 5.74) is 6.95. The van der Waals surface area contributed by atoms with Gasteiger partial charge in [-0.05, 0) is 32.3 Å². The van der Waals surface area contributed by atoms with Gasteiger partial charge in [-0.2, -0.15) is 4.98 Å². The molecule has 0 unspecified atom stereocenters. The van der Waals surface area contributed by atoms with Gasteiger partial charge in [0.25, 0.3) is 5.89 Å². The van der Waals surface area contributed by atoms with Gasteiger partial charge < -0.3 is 10.3 Å². The third-order valence-corrected chi connectivity index (χ3v) is 3.65. The van der Waals surface area contributed by atoms with Crippen LogP contribution in [0.1, 0.15) is 42.4 Å². The first-order chi connectivity index (χ1) is 9.10. The molecule has 3 rings (SSSR count). The number of carbonyl (C=O) groups excluding carboxylic acids is 1. The number of benzene rings is 1. The van der Waals surface area contributed by atoms with Gasteiger partial charge >= 0.3 is 0 Å². The summed E-state index contributed by atoms with van der Waals surface area (Å²) < 4.78 is 5.27. The molecule has 0 amide bonds. The third kappa shape index (κ3) is 1.96. The van der Waals surface area contributed by atoms with Crippen molar-refractivity contribution >= 4 is 5.78 Å². The topological polar surface area (TPSA) is 82.0 Å². The van der Waals surface area contributed by atoms with Crippen molar-refractivity contribution in [1.82, 2.24) is 10.1 Å². The number of hydrogen-bond donors (Lipinski definition) is 1. The van der Waals surface area contributed by atoms with Crippen molar-refractivity contribution in [3.63, 3.8) is 0 Å². The largest absolute Gasteiger partial charge is 0.334 e. The maximum Gasteiger partial charge on any atom is 0.258 e. The van der Waals surface area contributed by atoms with E-state index in [-0.39, 0.29) is 5.78 Å². The standard InChI is InChI=1S/C14H15N3O2/c1-9(18)10-5-2-3-6-11(10)12-16-13(17-19-12)14(15)7-4-8-14/h2-3,5-6H,4,7-8,15H2,1H3. The second-order valence-corrected chi connectivity index (χ2v) is 5.03. The van der Waals surface area contributed by atoms with Crippen LogP contribution >= 0.6 is 0 Å². The Morgan fingerprint density at radius 3 is 2.74 bits per heavy atom. The molecule has 1 aliphatic carbocycles. The molecular weight excluding hydrogens is 242 g/mol. The minimum atomic E-state index is -0.451. The fraction of sp³-hybridized carbons (Fsp3) is 0.357. The Hall–Kier alpha value is -2.01. The Morgan fingerprint density at radius 2 is 2.11 bits per heavy atom. The Labute approximate surface area is 110 Å². The summed E-state index contributed by atoms with van der Waals surface area (Å²) in [6.45, 7) is 1.52. The van der Waals surface area contributed by atoms with Gasteiger partial charge in [-0.15, -0.1) is 0 Å². The van der Waals surface area contributed by atoms with Gasteiger partial charge in [0, 0.05) is 5.56 Å². The van der Waals surface area contributed by atoms with Crippen LogP contribution in [0.25, 0.3) is 11.5 Å². The Morgan fingerprint density at radius 1 is 1.37 bits per heavy atom. The maximum absolute atomic E-state index is 11.6. The van der Waals surface area contributed by atoms with E-state index in [0.29, 0.717) is 22.8 Å². The average molecular weight is 257 g/mol. The van der Waals surface area contributed by atoms with Crippen LogP contribution in [-0.4, -0.2) is 15.9 Å². The maximum atomic E-state index is 11.6. The third-order valence-electron chi connectivity index (χ3n) is 3.65. The van der Waals surface area contributed by atoms with Crippen molar-refractivity contribution < 1.29 is 9.32 Å². The molecule has 0 saturated heterocycles. The van der Waals surface area contributed by atoms with E-state index in [9.17, 15) is 4.79 Å². The molecule has 1 aromatic heterocycles. The highest BCUT2D eigenvalue weighted by atomic mass is 16.5. The summed E-state index contributed by atoms with van der Waals surface area (Å²) in [6.07, 6.45) is 2.84. The average Bonchev–Trinajstić information content (AvgIpc) is 2.85. The van der Waals surface area contributed by atoms with Gasteiger partial charge in [-0.1, -0.05) is 23.4 Å². The van der Waals surface area contributed by atoms with Gasteiger partial charge in [-0.3, -0.25) is 4.79 Å². The lowest BCUT2D eigenvalue weighted by atomic mass is 9.77. The van der Waals surface area contributed by atoms with E-state index < -0.39 is 5.54 Å². The van der Waals surface area contributed by atoms with E-state index in [1.807, 2.05) is 12.1 Å². The summed E-state index contributed by atoms with van der Waals surface area (Å²) in [5.74, 6) is 0.867.